The summed E-state index contributed by atoms with van der Waals surface area (Å²) in [6.07, 6.45) is 2.32. The highest BCUT2D eigenvalue weighted by molar-refractivity contribution is 5.45. The van der Waals surface area contributed by atoms with E-state index in [2.05, 4.69) is 43.4 Å². The van der Waals surface area contributed by atoms with Crippen LogP contribution in [0.4, 0.5) is 5.69 Å². The van der Waals surface area contributed by atoms with Gasteiger partial charge < -0.3 is 11.1 Å². The van der Waals surface area contributed by atoms with Gasteiger partial charge in [0.25, 0.3) is 0 Å². The van der Waals surface area contributed by atoms with E-state index in [0.717, 1.165) is 12.8 Å². The predicted octanol–water partition coefficient (Wildman–Crippen LogP) is 2.75. The fourth-order valence-corrected chi connectivity index (χ4v) is 1.47. The van der Waals surface area contributed by atoms with Crippen molar-refractivity contribution in [2.75, 3.05) is 5.32 Å². The molecule has 0 aliphatic rings. The topological polar surface area (TPSA) is 38.0 Å². The maximum absolute atomic E-state index is 5.53. The Morgan fingerprint density at radius 1 is 1.14 bits per heavy atom. The van der Waals surface area contributed by atoms with Crippen molar-refractivity contribution in [3.63, 3.8) is 0 Å². The normalized spacial score (nSPS) is 10.6. The number of hydrogen-bond acceptors (Lipinski definition) is 2. The lowest BCUT2D eigenvalue weighted by atomic mass is 10.1. The third-order valence-corrected chi connectivity index (χ3v) is 2.55. The van der Waals surface area contributed by atoms with E-state index >= 15 is 0 Å². The fraction of sp³-hybridized carbons (Fsp3) is 0.500. The molecule has 3 N–H and O–H groups in total. The number of nitrogens with one attached hydrogen (secondary N) is 1. The Morgan fingerprint density at radius 2 is 1.71 bits per heavy atom. The van der Waals surface area contributed by atoms with Crippen LogP contribution in [-0.2, 0) is 6.54 Å². The van der Waals surface area contributed by atoms with Crippen molar-refractivity contribution < 1.29 is 0 Å². The van der Waals surface area contributed by atoms with Crippen molar-refractivity contribution in [1.29, 1.82) is 0 Å². The van der Waals surface area contributed by atoms with Crippen molar-refractivity contribution >= 4 is 5.69 Å². The lowest BCUT2D eigenvalue weighted by Crippen LogP contribution is -2.16. The first-order valence-electron chi connectivity index (χ1n) is 5.35. The number of anilines is 1. The Balaban J connectivity index is 2.58. The monoisotopic (exact) mass is 192 g/mol. The van der Waals surface area contributed by atoms with Crippen LogP contribution in [0.3, 0.4) is 0 Å². The molecular weight excluding hydrogens is 172 g/mol. The highest BCUT2D eigenvalue weighted by atomic mass is 14.9. The van der Waals surface area contributed by atoms with E-state index in [4.69, 9.17) is 5.73 Å². The molecule has 14 heavy (non-hydrogen) atoms. The molecule has 0 aromatic heterocycles. The highest BCUT2D eigenvalue weighted by Crippen LogP contribution is 2.12. The highest BCUT2D eigenvalue weighted by Gasteiger charge is 2.01. The quantitative estimate of drug-likeness (QED) is 0.752. The zero-order valence-electron chi connectivity index (χ0n) is 9.09. The van der Waals surface area contributed by atoms with Gasteiger partial charge in [0.2, 0.25) is 0 Å². The maximum Gasteiger partial charge on any atom is 0.0342 e. The van der Waals surface area contributed by atoms with Crippen LogP contribution in [0.15, 0.2) is 24.3 Å². The number of benzene rings is 1. The van der Waals surface area contributed by atoms with Gasteiger partial charge >= 0.3 is 0 Å². The minimum atomic E-state index is 0.582. The molecule has 0 heterocycles. The van der Waals surface area contributed by atoms with Crippen LogP contribution < -0.4 is 11.1 Å². The van der Waals surface area contributed by atoms with E-state index in [1.54, 1.807) is 0 Å². The van der Waals surface area contributed by atoms with Gasteiger partial charge in [-0.25, -0.2) is 0 Å². The molecule has 1 aromatic carbocycles. The Morgan fingerprint density at radius 3 is 2.14 bits per heavy atom. The van der Waals surface area contributed by atoms with Crippen molar-refractivity contribution in [3.8, 4) is 0 Å². The summed E-state index contributed by atoms with van der Waals surface area (Å²) in [7, 11) is 0. The Bertz CT molecular complexity index is 250. The summed E-state index contributed by atoms with van der Waals surface area (Å²) in [5.74, 6) is 0. The van der Waals surface area contributed by atoms with Crippen molar-refractivity contribution in [1.82, 2.24) is 0 Å². The molecule has 0 radical (unpaired) electrons. The third kappa shape index (κ3) is 3.04. The van der Waals surface area contributed by atoms with Crippen LogP contribution in [-0.4, -0.2) is 6.04 Å². The van der Waals surface area contributed by atoms with Gasteiger partial charge in [-0.1, -0.05) is 26.0 Å². The maximum atomic E-state index is 5.53. The minimum absolute atomic E-state index is 0.582. The minimum Gasteiger partial charge on any atom is -0.382 e. The van der Waals surface area contributed by atoms with Crippen LogP contribution in [0.1, 0.15) is 32.3 Å². The van der Waals surface area contributed by atoms with Crippen LogP contribution in [0, 0.1) is 0 Å². The lowest BCUT2D eigenvalue weighted by Gasteiger charge is -2.16. The van der Waals surface area contributed by atoms with Crippen molar-refractivity contribution in [3.05, 3.63) is 29.8 Å². The second-order valence-corrected chi connectivity index (χ2v) is 3.56. The fourth-order valence-electron chi connectivity index (χ4n) is 1.47. The van der Waals surface area contributed by atoms with E-state index in [1.807, 2.05) is 0 Å². The molecule has 78 valence electrons. The van der Waals surface area contributed by atoms with Crippen LogP contribution in [0.5, 0.6) is 0 Å². The summed E-state index contributed by atoms with van der Waals surface area (Å²) in [5, 5.41) is 3.49. The number of rotatable bonds is 5. The molecule has 0 aliphatic heterocycles. The molecule has 0 aliphatic carbocycles. The Hall–Kier alpha value is -1.02. The summed E-state index contributed by atoms with van der Waals surface area (Å²) in [6.45, 7) is 5.02. The molecule has 1 rings (SSSR count). The Kier molecular flexibility index (Phi) is 4.47. The molecule has 2 heteroatoms. The van der Waals surface area contributed by atoms with E-state index < -0.39 is 0 Å². The Labute approximate surface area is 86.5 Å². The van der Waals surface area contributed by atoms with Crippen LogP contribution in [0.25, 0.3) is 0 Å². The largest absolute Gasteiger partial charge is 0.382 e. The first-order chi connectivity index (χ1) is 6.80. The summed E-state index contributed by atoms with van der Waals surface area (Å²) >= 11 is 0. The standard InChI is InChI=1S/C12H20N2/c1-3-11(4-2)14-12-7-5-10(9-13)6-8-12/h5-8,11,14H,3-4,9,13H2,1-2H3. The van der Waals surface area contributed by atoms with Gasteiger partial charge in [-0.2, -0.15) is 0 Å². The zero-order chi connectivity index (χ0) is 10.4. The van der Waals surface area contributed by atoms with Gasteiger partial charge in [0.1, 0.15) is 0 Å². The van der Waals surface area contributed by atoms with Crippen molar-refractivity contribution in [2.24, 2.45) is 5.73 Å². The summed E-state index contributed by atoms with van der Waals surface area (Å²) < 4.78 is 0. The molecule has 0 saturated heterocycles. The van der Waals surface area contributed by atoms with Gasteiger partial charge in [-0.15, -0.1) is 0 Å². The van der Waals surface area contributed by atoms with E-state index in [1.165, 1.54) is 11.3 Å². The van der Waals surface area contributed by atoms with E-state index in [9.17, 15) is 0 Å². The first-order valence-corrected chi connectivity index (χ1v) is 5.35. The van der Waals surface area contributed by atoms with Gasteiger partial charge in [0.15, 0.2) is 0 Å². The average molecular weight is 192 g/mol. The number of hydrogen-bond donors (Lipinski definition) is 2. The molecule has 2 nitrogen and oxygen atoms in total. The van der Waals surface area contributed by atoms with Crippen LogP contribution >= 0.6 is 0 Å². The lowest BCUT2D eigenvalue weighted by molar-refractivity contribution is 0.672. The van der Waals surface area contributed by atoms with Gasteiger partial charge in [-0.3, -0.25) is 0 Å². The smallest absolute Gasteiger partial charge is 0.0342 e. The van der Waals surface area contributed by atoms with Gasteiger partial charge in [0.05, 0.1) is 0 Å². The first kappa shape index (κ1) is 11.1. The molecule has 1 aromatic rings. The molecule has 0 atom stereocenters. The molecule has 0 amide bonds. The van der Waals surface area contributed by atoms with E-state index in [0.29, 0.717) is 12.6 Å². The van der Waals surface area contributed by atoms with Gasteiger partial charge in [-0.05, 0) is 30.5 Å². The van der Waals surface area contributed by atoms with Gasteiger partial charge in [0, 0.05) is 18.3 Å². The molecule has 0 fully saturated rings. The van der Waals surface area contributed by atoms with Crippen molar-refractivity contribution in [2.45, 2.75) is 39.3 Å². The number of nitrogens with two attached hydrogens (primary N) is 1. The molecular formula is C12H20N2. The van der Waals surface area contributed by atoms with E-state index in [-0.39, 0.29) is 0 Å². The average Bonchev–Trinajstić information content (AvgIpc) is 2.26. The molecule has 0 spiro atoms. The molecule has 0 saturated carbocycles. The summed E-state index contributed by atoms with van der Waals surface area (Å²) in [4.78, 5) is 0. The predicted molar refractivity (Wildman–Crippen MR) is 62.3 cm³/mol. The third-order valence-electron chi connectivity index (χ3n) is 2.55. The van der Waals surface area contributed by atoms with Crippen LogP contribution in [0.2, 0.25) is 0 Å². The SMILES string of the molecule is CCC(CC)Nc1ccc(CN)cc1. The molecule has 0 bridgehead atoms. The summed E-state index contributed by atoms with van der Waals surface area (Å²) in [5.41, 5.74) is 7.90. The molecule has 0 unspecified atom stereocenters. The zero-order valence-corrected chi connectivity index (χ0v) is 9.09. The second kappa shape index (κ2) is 5.66. The summed E-state index contributed by atoms with van der Waals surface area (Å²) in [6, 6.07) is 8.93. The second-order valence-electron chi connectivity index (χ2n) is 3.56.